The Morgan fingerprint density at radius 3 is 1.81 bits per heavy atom. The van der Waals surface area contributed by atoms with Crippen LogP contribution in [0.3, 0.4) is 0 Å². The molecule has 0 fully saturated rings. The van der Waals surface area contributed by atoms with Crippen molar-refractivity contribution in [2.75, 3.05) is 6.61 Å². The molecule has 5 rings (SSSR count). The number of carboxylic acids is 1. The van der Waals surface area contributed by atoms with Gasteiger partial charge in [0.2, 0.25) is 5.78 Å². The van der Waals surface area contributed by atoms with Gasteiger partial charge in [0.05, 0.1) is 12.3 Å². The van der Waals surface area contributed by atoms with Gasteiger partial charge < -0.3 is 20.0 Å². The number of carbonyl (C=O) groups is 3. The molecule has 4 atom stereocenters. The molecule has 0 saturated carbocycles. The Morgan fingerprint density at radius 2 is 1.34 bits per heavy atom. The quantitative estimate of drug-likeness (QED) is 0.0265. The molecule has 0 aliphatic carbocycles. The maximum absolute atomic E-state index is 14.2. The van der Waals surface area contributed by atoms with Gasteiger partial charge in [-0.25, -0.2) is 13.8 Å². The minimum absolute atomic E-state index is 0.0406. The summed E-state index contributed by atoms with van der Waals surface area (Å²) in [6, 6.07) is 20.3. The number of halogens is 4. The molecule has 0 bridgehead atoms. The highest BCUT2D eigenvalue weighted by molar-refractivity contribution is 6.31. The van der Waals surface area contributed by atoms with Gasteiger partial charge in [-0.05, 0) is 114 Å². The maximum Gasteiger partial charge on any atom is 0.314 e. The lowest BCUT2D eigenvalue weighted by Crippen LogP contribution is -2.32. The van der Waals surface area contributed by atoms with Crippen LogP contribution in [0.5, 0.6) is 0 Å². The second-order valence-corrected chi connectivity index (χ2v) is 15.4. The van der Waals surface area contributed by atoms with Gasteiger partial charge >= 0.3 is 11.9 Å². The van der Waals surface area contributed by atoms with Crippen LogP contribution >= 0.6 is 23.2 Å². The molecule has 0 spiro atoms. The van der Waals surface area contributed by atoms with E-state index in [-0.39, 0.29) is 49.3 Å². The summed E-state index contributed by atoms with van der Waals surface area (Å²) >= 11 is 11.9. The Hall–Kier alpha value is -6.28. The van der Waals surface area contributed by atoms with Crippen LogP contribution in [-0.2, 0) is 27.2 Å². The SMILES string of the molecule is CC(C)c1coc(C(=O)C[C@H](Cc2ccc(-c3cc(Cl)ccc3F)cc2)C[C@@H](N=[N+]=[N-])C(=O)O)n1.CCOC(=O)[C@@H](C[C@H](N)Cc1ccc(-c2cc(Cl)ccc2F)cc1)N=[N+]=[N-]. The normalized spacial score (nSPS) is 12.7. The fourth-order valence-corrected chi connectivity index (χ4v) is 6.76. The molecule has 3 N–H and O–H groups in total. The molecule has 62 heavy (non-hydrogen) atoms. The maximum atomic E-state index is 14.2. The molecule has 0 saturated heterocycles. The molecule has 0 unspecified atom stereocenters. The van der Waals surface area contributed by atoms with Crippen molar-refractivity contribution in [1.29, 1.82) is 0 Å². The standard InChI is InChI=1S/C25H24ClFN4O4.C19H20ClFN4O2/c1-14(2)22-13-35-24(29-22)23(32)11-16(10-21(25(33)34)30-31-28)9-15-3-5-17(6-4-15)19-12-18(26)7-8-20(19)27;1-2-27-19(26)18(24-25-23)11-15(22)9-12-3-5-13(6-4-12)16-10-14(20)7-8-17(16)21/h3-8,12-14,16,21H,9-11H2,1-2H3,(H,33,34);3-8,10,15,18H,2,9,11,22H2,1H3/t16-,21-;15-,18-/m11/s1. The number of carboxylic acid groups (broad SMARTS) is 1. The largest absolute Gasteiger partial charge is 0.481 e. The fourth-order valence-electron chi connectivity index (χ4n) is 6.42. The summed E-state index contributed by atoms with van der Waals surface area (Å²) in [6.07, 6.45) is 2.30. The number of ether oxygens (including phenoxy) is 1. The summed E-state index contributed by atoms with van der Waals surface area (Å²) in [7, 11) is 0. The van der Waals surface area contributed by atoms with Gasteiger partial charge in [0, 0.05) is 43.5 Å². The summed E-state index contributed by atoms with van der Waals surface area (Å²) in [5.41, 5.74) is 27.9. The van der Waals surface area contributed by atoms with Crippen molar-refractivity contribution < 1.29 is 37.4 Å². The van der Waals surface area contributed by atoms with Crippen molar-refractivity contribution >= 4 is 40.9 Å². The number of hydrogen-bond donors (Lipinski definition) is 2. The lowest BCUT2D eigenvalue weighted by Gasteiger charge is -2.18. The molecule has 5 aromatic rings. The molecule has 0 amide bonds. The van der Waals surface area contributed by atoms with Gasteiger partial charge in [-0.2, -0.15) is 0 Å². The molecule has 1 heterocycles. The highest BCUT2D eigenvalue weighted by Gasteiger charge is 2.27. The van der Waals surface area contributed by atoms with Gasteiger partial charge in [0.15, 0.2) is 0 Å². The van der Waals surface area contributed by atoms with E-state index in [4.69, 9.17) is 49.2 Å². The third kappa shape index (κ3) is 14.4. The molecule has 324 valence electrons. The van der Waals surface area contributed by atoms with Crippen molar-refractivity contribution in [2.45, 2.75) is 76.9 Å². The number of aromatic nitrogens is 1. The van der Waals surface area contributed by atoms with Gasteiger partial charge in [0.1, 0.15) is 30.0 Å². The number of rotatable bonds is 19. The van der Waals surface area contributed by atoms with Crippen molar-refractivity contribution in [3.8, 4) is 22.3 Å². The van der Waals surface area contributed by atoms with Crippen LogP contribution < -0.4 is 5.73 Å². The predicted molar refractivity (Wildman–Crippen MR) is 231 cm³/mol. The zero-order valence-electron chi connectivity index (χ0n) is 34.0. The Bertz CT molecular complexity index is 2420. The van der Waals surface area contributed by atoms with Crippen LogP contribution in [0.4, 0.5) is 8.78 Å². The van der Waals surface area contributed by atoms with Crippen LogP contribution in [0.1, 0.15) is 73.5 Å². The number of azide groups is 2. The Balaban J connectivity index is 0.000000282. The minimum atomic E-state index is -1.33. The van der Waals surface area contributed by atoms with Crippen molar-refractivity contribution in [1.82, 2.24) is 4.98 Å². The van der Waals surface area contributed by atoms with Crippen molar-refractivity contribution in [2.24, 2.45) is 21.9 Å². The molecule has 4 aromatic carbocycles. The zero-order chi connectivity index (χ0) is 45.3. The second-order valence-electron chi connectivity index (χ2n) is 14.5. The lowest BCUT2D eigenvalue weighted by atomic mass is 9.88. The van der Waals surface area contributed by atoms with E-state index in [1.165, 1.54) is 36.6 Å². The number of oxazole rings is 1. The number of Topliss-reactive ketones (excluding diaryl/α,β-unsaturated/α-hetero) is 1. The van der Waals surface area contributed by atoms with E-state index in [0.29, 0.717) is 50.8 Å². The summed E-state index contributed by atoms with van der Waals surface area (Å²) in [5, 5.41) is 17.1. The molecule has 1 aromatic heterocycles. The van der Waals surface area contributed by atoms with E-state index in [2.05, 4.69) is 25.0 Å². The monoisotopic (exact) mass is 888 g/mol. The third-order valence-electron chi connectivity index (χ3n) is 9.54. The van der Waals surface area contributed by atoms with Gasteiger partial charge in [-0.15, -0.1) is 0 Å². The number of hydrogen-bond acceptors (Lipinski definition) is 9. The first-order chi connectivity index (χ1) is 29.6. The first-order valence-corrected chi connectivity index (χ1v) is 20.2. The second kappa shape index (κ2) is 23.6. The van der Waals surface area contributed by atoms with Crippen LogP contribution in [0.25, 0.3) is 43.1 Å². The number of carbonyl (C=O) groups excluding carboxylic acids is 2. The smallest absolute Gasteiger partial charge is 0.314 e. The van der Waals surface area contributed by atoms with E-state index in [1.54, 1.807) is 49.4 Å². The average molecular weight is 890 g/mol. The highest BCUT2D eigenvalue weighted by atomic mass is 35.5. The number of esters is 1. The number of aliphatic carboxylic acids is 1. The van der Waals surface area contributed by atoms with Crippen molar-refractivity contribution in [3.05, 3.63) is 156 Å². The fraction of sp³-hybridized carbons (Fsp3) is 0.318. The molecule has 0 radical (unpaired) electrons. The minimum Gasteiger partial charge on any atom is -0.481 e. The summed E-state index contributed by atoms with van der Waals surface area (Å²) in [5.74, 6) is -3.42. The molecular weight excluding hydrogens is 845 g/mol. The lowest BCUT2D eigenvalue weighted by molar-refractivity contribution is -0.145. The molecule has 0 aliphatic rings. The number of benzene rings is 4. The number of ketones is 1. The van der Waals surface area contributed by atoms with E-state index >= 15 is 0 Å². The first-order valence-electron chi connectivity index (χ1n) is 19.4. The Labute approximate surface area is 366 Å². The van der Waals surface area contributed by atoms with E-state index < -0.39 is 41.8 Å². The average Bonchev–Trinajstić information content (AvgIpc) is 3.75. The predicted octanol–water partition coefficient (Wildman–Crippen LogP) is 11.5. The topological polar surface area (TPSA) is 230 Å². The molecular formula is C44H44Cl2F2N8O6. The molecule has 14 nitrogen and oxygen atoms in total. The van der Waals surface area contributed by atoms with E-state index in [1.807, 2.05) is 26.0 Å². The first kappa shape index (κ1) is 48.4. The zero-order valence-corrected chi connectivity index (χ0v) is 35.5. The summed E-state index contributed by atoms with van der Waals surface area (Å²) in [6.45, 7) is 5.72. The summed E-state index contributed by atoms with van der Waals surface area (Å²) in [4.78, 5) is 45.7. The summed E-state index contributed by atoms with van der Waals surface area (Å²) < 4.78 is 38.4. The van der Waals surface area contributed by atoms with Crippen LogP contribution in [0.15, 0.2) is 106 Å². The molecule has 0 aliphatic heterocycles. The number of nitrogens with zero attached hydrogens (tertiary/aromatic N) is 7. The van der Waals surface area contributed by atoms with Crippen LogP contribution in [0.2, 0.25) is 10.0 Å². The molecule has 18 heteroatoms. The van der Waals surface area contributed by atoms with Gasteiger partial charge in [0.25, 0.3) is 5.89 Å². The van der Waals surface area contributed by atoms with Crippen LogP contribution in [0, 0.1) is 17.6 Å². The Morgan fingerprint density at radius 1 is 0.823 bits per heavy atom. The van der Waals surface area contributed by atoms with Crippen LogP contribution in [-0.4, -0.2) is 52.5 Å². The van der Waals surface area contributed by atoms with Gasteiger partial charge in [-0.1, -0.05) is 95.8 Å². The van der Waals surface area contributed by atoms with E-state index in [9.17, 15) is 28.3 Å². The van der Waals surface area contributed by atoms with Crippen molar-refractivity contribution in [3.63, 3.8) is 0 Å². The Kier molecular flexibility index (Phi) is 18.5. The van der Waals surface area contributed by atoms with Gasteiger partial charge in [-0.3, -0.25) is 14.4 Å². The van der Waals surface area contributed by atoms with E-state index in [0.717, 1.165) is 11.1 Å². The highest BCUT2D eigenvalue weighted by Crippen LogP contribution is 2.29. The third-order valence-corrected chi connectivity index (χ3v) is 10.0. The number of nitrogens with two attached hydrogens (primary N) is 1.